The van der Waals surface area contributed by atoms with E-state index in [2.05, 4.69) is 11.0 Å². The summed E-state index contributed by atoms with van der Waals surface area (Å²) < 4.78 is 0. The zero-order valence-electron chi connectivity index (χ0n) is 10.2. The molecule has 0 bridgehead atoms. The fourth-order valence-corrected chi connectivity index (χ4v) is 2.09. The first-order valence-corrected chi connectivity index (χ1v) is 5.94. The summed E-state index contributed by atoms with van der Waals surface area (Å²) in [5, 5.41) is 0. The highest BCUT2D eigenvalue weighted by molar-refractivity contribution is 5.78. The highest BCUT2D eigenvalue weighted by atomic mass is 16.2. The maximum atomic E-state index is 11.6. The second kappa shape index (κ2) is 5.29. The van der Waals surface area contributed by atoms with E-state index >= 15 is 0 Å². The van der Waals surface area contributed by atoms with Crippen LogP contribution in [0.3, 0.4) is 0 Å². The Kier molecular flexibility index (Phi) is 3.76. The lowest BCUT2D eigenvalue weighted by Gasteiger charge is -2.32. The van der Waals surface area contributed by atoms with E-state index in [0.717, 1.165) is 19.6 Å². The lowest BCUT2D eigenvalue weighted by Crippen LogP contribution is -2.48. The number of amides is 1. The van der Waals surface area contributed by atoms with Crippen LogP contribution in [0.25, 0.3) is 0 Å². The number of carbonyl (C=O) groups is 1. The van der Waals surface area contributed by atoms with Gasteiger partial charge in [-0.05, 0) is 11.1 Å². The minimum atomic E-state index is 0.196. The van der Waals surface area contributed by atoms with Crippen molar-refractivity contribution in [2.24, 2.45) is 5.73 Å². The number of piperazine rings is 1. The van der Waals surface area contributed by atoms with E-state index in [9.17, 15) is 4.79 Å². The van der Waals surface area contributed by atoms with Crippen LogP contribution in [-0.4, -0.2) is 42.4 Å². The molecule has 17 heavy (non-hydrogen) atoms. The van der Waals surface area contributed by atoms with Gasteiger partial charge >= 0.3 is 0 Å². The minimum Gasteiger partial charge on any atom is -0.343 e. The van der Waals surface area contributed by atoms with Gasteiger partial charge in [0.2, 0.25) is 5.91 Å². The molecule has 0 spiro atoms. The zero-order valence-corrected chi connectivity index (χ0v) is 10.2. The van der Waals surface area contributed by atoms with Gasteiger partial charge in [0, 0.05) is 33.2 Å². The molecular formula is C13H19N3O. The Morgan fingerprint density at radius 3 is 2.59 bits per heavy atom. The van der Waals surface area contributed by atoms with Gasteiger partial charge in [0.05, 0.1) is 6.54 Å². The van der Waals surface area contributed by atoms with Crippen molar-refractivity contribution in [3.63, 3.8) is 0 Å². The molecule has 4 nitrogen and oxygen atoms in total. The van der Waals surface area contributed by atoms with Crippen molar-refractivity contribution in [1.82, 2.24) is 9.80 Å². The van der Waals surface area contributed by atoms with E-state index in [1.807, 2.05) is 25.2 Å². The summed E-state index contributed by atoms with van der Waals surface area (Å²) >= 11 is 0. The molecule has 2 rings (SSSR count). The van der Waals surface area contributed by atoms with Crippen molar-refractivity contribution in [1.29, 1.82) is 0 Å². The Labute approximate surface area is 102 Å². The molecule has 1 aromatic carbocycles. The van der Waals surface area contributed by atoms with Crippen LogP contribution >= 0.6 is 0 Å². The van der Waals surface area contributed by atoms with E-state index in [0.29, 0.717) is 13.1 Å². The van der Waals surface area contributed by atoms with Crippen LogP contribution in [0.4, 0.5) is 0 Å². The van der Waals surface area contributed by atoms with Crippen molar-refractivity contribution in [2.45, 2.75) is 13.1 Å². The second-order valence-corrected chi connectivity index (χ2v) is 4.50. The number of rotatable bonds is 3. The molecule has 0 unspecified atom stereocenters. The van der Waals surface area contributed by atoms with Gasteiger partial charge in [-0.2, -0.15) is 0 Å². The molecular weight excluding hydrogens is 214 g/mol. The third-order valence-electron chi connectivity index (χ3n) is 3.27. The van der Waals surface area contributed by atoms with E-state index in [-0.39, 0.29) is 5.91 Å². The molecule has 1 aliphatic rings. The lowest BCUT2D eigenvalue weighted by atomic mass is 10.1. The van der Waals surface area contributed by atoms with Gasteiger partial charge in [0.15, 0.2) is 0 Å². The van der Waals surface area contributed by atoms with E-state index in [1.54, 1.807) is 4.90 Å². The van der Waals surface area contributed by atoms with Crippen molar-refractivity contribution in [3.8, 4) is 0 Å². The molecule has 0 aromatic heterocycles. The van der Waals surface area contributed by atoms with Crippen LogP contribution in [0.5, 0.6) is 0 Å². The normalized spacial score (nSPS) is 17.5. The molecule has 2 N–H and O–H groups in total. The van der Waals surface area contributed by atoms with Crippen molar-refractivity contribution in [2.75, 3.05) is 26.7 Å². The third kappa shape index (κ3) is 2.84. The quantitative estimate of drug-likeness (QED) is 0.823. The Morgan fingerprint density at radius 1 is 1.24 bits per heavy atom. The maximum Gasteiger partial charge on any atom is 0.236 e. The average molecular weight is 233 g/mol. The lowest BCUT2D eigenvalue weighted by molar-refractivity contribution is -0.134. The predicted molar refractivity (Wildman–Crippen MR) is 67.2 cm³/mol. The number of hydrogen-bond acceptors (Lipinski definition) is 3. The maximum absolute atomic E-state index is 11.6. The molecule has 1 saturated heterocycles. The van der Waals surface area contributed by atoms with Crippen LogP contribution in [0, 0.1) is 0 Å². The smallest absolute Gasteiger partial charge is 0.236 e. The predicted octanol–water partition coefficient (Wildman–Crippen LogP) is 0.419. The van der Waals surface area contributed by atoms with Gasteiger partial charge in [-0.15, -0.1) is 0 Å². The van der Waals surface area contributed by atoms with Crippen molar-refractivity contribution in [3.05, 3.63) is 35.4 Å². The topological polar surface area (TPSA) is 49.6 Å². The largest absolute Gasteiger partial charge is 0.343 e. The standard InChI is InChI=1S/C13H19N3O/c1-15-6-7-16(10-13(15)17)9-12-5-3-2-4-11(12)8-14/h2-5H,6-10,14H2,1H3. The van der Waals surface area contributed by atoms with Gasteiger partial charge in [-0.25, -0.2) is 0 Å². The fraction of sp³-hybridized carbons (Fsp3) is 0.462. The Hall–Kier alpha value is -1.39. The van der Waals surface area contributed by atoms with Crippen molar-refractivity contribution < 1.29 is 4.79 Å². The van der Waals surface area contributed by atoms with Crippen LogP contribution in [0.2, 0.25) is 0 Å². The molecule has 1 heterocycles. The first-order valence-electron chi connectivity index (χ1n) is 5.94. The number of carbonyl (C=O) groups excluding carboxylic acids is 1. The first kappa shape index (κ1) is 12.1. The molecule has 1 aliphatic heterocycles. The SMILES string of the molecule is CN1CCN(Cc2ccccc2CN)CC1=O. The highest BCUT2D eigenvalue weighted by Gasteiger charge is 2.21. The summed E-state index contributed by atoms with van der Waals surface area (Å²) in [5.41, 5.74) is 8.11. The van der Waals surface area contributed by atoms with Gasteiger partial charge in [0.25, 0.3) is 0 Å². The number of benzene rings is 1. The zero-order chi connectivity index (χ0) is 12.3. The van der Waals surface area contributed by atoms with E-state index in [4.69, 9.17) is 5.73 Å². The molecule has 1 fully saturated rings. The van der Waals surface area contributed by atoms with Gasteiger partial charge in [-0.1, -0.05) is 24.3 Å². The van der Waals surface area contributed by atoms with E-state index < -0.39 is 0 Å². The van der Waals surface area contributed by atoms with Crippen LogP contribution in [-0.2, 0) is 17.9 Å². The van der Waals surface area contributed by atoms with Gasteiger partial charge in [0.1, 0.15) is 0 Å². The fourth-order valence-electron chi connectivity index (χ4n) is 2.09. The number of nitrogens with two attached hydrogens (primary N) is 1. The van der Waals surface area contributed by atoms with Crippen LogP contribution < -0.4 is 5.73 Å². The Bertz CT molecular complexity index is 405. The third-order valence-corrected chi connectivity index (χ3v) is 3.27. The second-order valence-electron chi connectivity index (χ2n) is 4.50. The summed E-state index contributed by atoms with van der Waals surface area (Å²) in [6, 6.07) is 8.16. The summed E-state index contributed by atoms with van der Waals surface area (Å²) in [6.07, 6.45) is 0. The summed E-state index contributed by atoms with van der Waals surface area (Å²) in [5.74, 6) is 0.196. The summed E-state index contributed by atoms with van der Waals surface area (Å²) in [4.78, 5) is 15.6. The summed E-state index contributed by atoms with van der Waals surface area (Å²) in [7, 11) is 1.85. The van der Waals surface area contributed by atoms with Crippen LogP contribution in [0.1, 0.15) is 11.1 Å². The Morgan fingerprint density at radius 2 is 1.94 bits per heavy atom. The minimum absolute atomic E-state index is 0.196. The first-order chi connectivity index (χ1) is 8.20. The number of likely N-dealkylation sites (N-methyl/N-ethyl adjacent to an activating group) is 1. The van der Waals surface area contributed by atoms with E-state index in [1.165, 1.54) is 11.1 Å². The molecule has 0 atom stereocenters. The summed E-state index contributed by atoms with van der Waals surface area (Å²) in [6.45, 7) is 3.62. The molecule has 4 heteroatoms. The average Bonchev–Trinajstić information content (AvgIpc) is 2.34. The van der Waals surface area contributed by atoms with Gasteiger partial charge < -0.3 is 10.6 Å². The molecule has 0 saturated carbocycles. The van der Waals surface area contributed by atoms with Gasteiger partial charge in [-0.3, -0.25) is 9.69 Å². The monoisotopic (exact) mass is 233 g/mol. The molecule has 0 aliphatic carbocycles. The van der Waals surface area contributed by atoms with Crippen molar-refractivity contribution >= 4 is 5.91 Å². The number of hydrogen-bond donors (Lipinski definition) is 1. The molecule has 1 aromatic rings. The highest BCUT2D eigenvalue weighted by Crippen LogP contribution is 2.12. The molecule has 0 radical (unpaired) electrons. The van der Waals surface area contributed by atoms with Crippen LogP contribution in [0.15, 0.2) is 24.3 Å². The molecule has 92 valence electrons. The molecule has 1 amide bonds. The Balaban J connectivity index is 2.03. The number of nitrogens with zero attached hydrogens (tertiary/aromatic N) is 2.